The van der Waals surface area contributed by atoms with Crippen molar-refractivity contribution in [3.63, 3.8) is 0 Å². The number of hydrogen-bond donors (Lipinski definition) is 0. The third-order valence-corrected chi connectivity index (χ3v) is 2.96. The fourth-order valence-corrected chi connectivity index (χ4v) is 1.64. The lowest BCUT2D eigenvalue weighted by Crippen LogP contribution is -2.31. The molecule has 0 aliphatic carbocycles. The predicted molar refractivity (Wildman–Crippen MR) is 81.2 cm³/mol. The first-order valence-corrected chi connectivity index (χ1v) is 7.06. The van der Waals surface area contributed by atoms with Gasteiger partial charge in [-0.1, -0.05) is 37.2 Å². The van der Waals surface area contributed by atoms with Crippen LogP contribution in [-0.2, 0) is 30.3 Å². The highest BCUT2D eigenvalue weighted by Crippen LogP contribution is 2.11. The first kappa shape index (κ1) is 17.9. The highest BCUT2D eigenvalue weighted by molar-refractivity contribution is 6.30. The Labute approximate surface area is 133 Å². The molecular formula is C16H17ClO5. The molecule has 0 N–H and O–H groups in total. The molecule has 0 aliphatic rings. The Hall–Kier alpha value is -2.14. The van der Waals surface area contributed by atoms with E-state index in [0.717, 1.165) is 0 Å². The molecule has 1 atom stereocenters. The summed E-state index contributed by atoms with van der Waals surface area (Å²) >= 11 is 5.74. The zero-order valence-electron chi connectivity index (χ0n) is 12.4. The van der Waals surface area contributed by atoms with E-state index in [0.29, 0.717) is 10.6 Å². The van der Waals surface area contributed by atoms with Crippen molar-refractivity contribution in [1.29, 1.82) is 0 Å². The van der Waals surface area contributed by atoms with Crippen LogP contribution < -0.4 is 0 Å². The highest BCUT2D eigenvalue weighted by Gasteiger charge is 2.25. The van der Waals surface area contributed by atoms with Crippen LogP contribution in [0.1, 0.15) is 25.8 Å². The summed E-state index contributed by atoms with van der Waals surface area (Å²) in [5.41, 5.74) is 0.827. The molecule has 0 saturated heterocycles. The molecule has 0 fully saturated rings. The van der Waals surface area contributed by atoms with Gasteiger partial charge in [-0.3, -0.25) is 4.79 Å². The van der Waals surface area contributed by atoms with Gasteiger partial charge in [0.05, 0.1) is 6.42 Å². The standard InChI is InChI=1S/C16H17ClO5/c1-4-13(21-15(19)10(2)3)16(20)22-14(18)9-11-5-7-12(17)8-6-11/h5-8,13H,2,4,9H2,1,3H3. The summed E-state index contributed by atoms with van der Waals surface area (Å²) in [5, 5.41) is 0.547. The molecule has 0 aliphatic heterocycles. The van der Waals surface area contributed by atoms with Crippen molar-refractivity contribution in [3.8, 4) is 0 Å². The van der Waals surface area contributed by atoms with Crippen LogP contribution in [0.2, 0.25) is 5.02 Å². The Morgan fingerprint density at radius 2 is 1.82 bits per heavy atom. The van der Waals surface area contributed by atoms with Gasteiger partial charge in [-0.25, -0.2) is 9.59 Å². The molecule has 1 unspecified atom stereocenters. The maximum absolute atomic E-state index is 11.8. The lowest BCUT2D eigenvalue weighted by atomic mass is 10.1. The number of benzene rings is 1. The maximum Gasteiger partial charge on any atom is 0.355 e. The molecule has 118 valence electrons. The molecule has 0 heterocycles. The number of rotatable bonds is 6. The van der Waals surface area contributed by atoms with Gasteiger partial charge in [-0.2, -0.15) is 0 Å². The molecule has 1 aromatic rings. The number of carbonyl (C=O) groups is 3. The summed E-state index contributed by atoms with van der Waals surface area (Å²) in [6.45, 7) is 6.53. The van der Waals surface area contributed by atoms with Crippen molar-refractivity contribution in [3.05, 3.63) is 47.0 Å². The number of carbonyl (C=O) groups excluding carboxylic acids is 3. The van der Waals surface area contributed by atoms with Crippen molar-refractivity contribution >= 4 is 29.5 Å². The van der Waals surface area contributed by atoms with Crippen molar-refractivity contribution in [2.24, 2.45) is 0 Å². The minimum absolute atomic E-state index is 0.0756. The second-order valence-electron chi connectivity index (χ2n) is 4.68. The molecule has 1 aromatic carbocycles. The first-order valence-electron chi connectivity index (χ1n) is 6.69. The minimum atomic E-state index is -1.13. The van der Waals surface area contributed by atoms with Gasteiger partial charge in [-0.05, 0) is 31.0 Å². The summed E-state index contributed by atoms with van der Waals surface area (Å²) in [6, 6.07) is 6.59. The third-order valence-electron chi connectivity index (χ3n) is 2.71. The second-order valence-corrected chi connectivity index (χ2v) is 5.12. The summed E-state index contributed by atoms with van der Waals surface area (Å²) in [4.78, 5) is 34.9. The van der Waals surface area contributed by atoms with Gasteiger partial charge in [0.1, 0.15) is 0 Å². The molecule has 6 heteroatoms. The normalized spacial score (nSPS) is 11.4. The molecule has 0 radical (unpaired) electrons. The number of hydrogen-bond acceptors (Lipinski definition) is 5. The SMILES string of the molecule is C=C(C)C(=O)OC(CC)C(=O)OC(=O)Cc1ccc(Cl)cc1. The van der Waals surface area contributed by atoms with E-state index in [9.17, 15) is 14.4 Å². The van der Waals surface area contributed by atoms with Gasteiger partial charge >= 0.3 is 17.9 Å². The Morgan fingerprint density at radius 1 is 1.23 bits per heavy atom. The lowest BCUT2D eigenvalue weighted by molar-refractivity contribution is -0.172. The molecule has 0 saturated carbocycles. The van der Waals surface area contributed by atoms with Gasteiger partial charge in [0, 0.05) is 10.6 Å². The Morgan fingerprint density at radius 3 is 2.32 bits per heavy atom. The lowest BCUT2D eigenvalue weighted by Gasteiger charge is -2.14. The smallest absolute Gasteiger partial charge is 0.355 e. The highest BCUT2D eigenvalue weighted by atomic mass is 35.5. The Bertz CT molecular complexity index is 577. The largest absolute Gasteiger partial charge is 0.447 e. The van der Waals surface area contributed by atoms with E-state index in [-0.39, 0.29) is 18.4 Å². The van der Waals surface area contributed by atoms with Crippen LogP contribution in [0.4, 0.5) is 0 Å². The van der Waals surface area contributed by atoms with Crippen LogP contribution in [0.3, 0.4) is 0 Å². The van der Waals surface area contributed by atoms with Gasteiger partial charge in [-0.15, -0.1) is 0 Å². The van der Waals surface area contributed by atoms with E-state index in [1.807, 2.05) is 0 Å². The van der Waals surface area contributed by atoms with Crippen molar-refractivity contribution in [2.75, 3.05) is 0 Å². The molecule has 0 amide bonds. The molecule has 0 bridgehead atoms. The quantitative estimate of drug-likeness (QED) is 0.457. The van der Waals surface area contributed by atoms with Crippen LogP contribution in [-0.4, -0.2) is 24.0 Å². The zero-order valence-corrected chi connectivity index (χ0v) is 13.2. The molecular weight excluding hydrogens is 308 g/mol. The van der Waals surface area contributed by atoms with Gasteiger partial charge in [0.2, 0.25) is 0 Å². The fraction of sp³-hybridized carbons (Fsp3) is 0.312. The maximum atomic E-state index is 11.8. The average molecular weight is 325 g/mol. The Kier molecular flexibility index (Phi) is 6.79. The van der Waals surface area contributed by atoms with E-state index in [1.54, 1.807) is 31.2 Å². The van der Waals surface area contributed by atoms with Gasteiger partial charge < -0.3 is 9.47 Å². The number of ether oxygens (including phenoxy) is 2. The monoisotopic (exact) mass is 324 g/mol. The second kappa shape index (κ2) is 8.34. The third kappa shape index (κ3) is 5.69. The number of halogens is 1. The average Bonchev–Trinajstić information content (AvgIpc) is 2.46. The van der Waals surface area contributed by atoms with Crippen molar-refractivity contribution < 1.29 is 23.9 Å². The number of esters is 3. The van der Waals surface area contributed by atoms with E-state index >= 15 is 0 Å². The molecule has 1 rings (SSSR count). The van der Waals surface area contributed by atoms with Gasteiger partial charge in [0.25, 0.3) is 0 Å². The molecule has 0 aromatic heterocycles. The predicted octanol–water partition coefficient (Wildman–Crippen LogP) is 2.85. The van der Waals surface area contributed by atoms with Crippen LogP contribution in [0.5, 0.6) is 0 Å². The van der Waals surface area contributed by atoms with Crippen LogP contribution in [0, 0.1) is 0 Å². The molecule has 0 spiro atoms. The van der Waals surface area contributed by atoms with E-state index < -0.39 is 24.0 Å². The molecule has 22 heavy (non-hydrogen) atoms. The zero-order chi connectivity index (χ0) is 16.7. The summed E-state index contributed by atoms with van der Waals surface area (Å²) in [7, 11) is 0. The van der Waals surface area contributed by atoms with Crippen LogP contribution in [0.15, 0.2) is 36.4 Å². The van der Waals surface area contributed by atoms with E-state index in [4.69, 9.17) is 21.1 Å². The fourth-order valence-electron chi connectivity index (χ4n) is 1.51. The topological polar surface area (TPSA) is 69.7 Å². The summed E-state index contributed by atoms with van der Waals surface area (Å²) < 4.78 is 9.61. The minimum Gasteiger partial charge on any atom is -0.447 e. The van der Waals surface area contributed by atoms with Crippen LogP contribution >= 0.6 is 11.6 Å². The molecule has 5 nitrogen and oxygen atoms in total. The summed E-state index contributed by atoms with van der Waals surface area (Å²) in [5.74, 6) is -2.32. The first-order chi connectivity index (χ1) is 10.3. The summed E-state index contributed by atoms with van der Waals surface area (Å²) in [6.07, 6.45) is -1.00. The van der Waals surface area contributed by atoms with Crippen molar-refractivity contribution in [1.82, 2.24) is 0 Å². The van der Waals surface area contributed by atoms with E-state index in [2.05, 4.69) is 6.58 Å². The van der Waals surface area contributed by atoms with Crippen molar-refractivity contribution in [2.45, 2.75) is 32.8 Å². The van der Waals surface area contributed by atoms with Crippen LogP contribution in [0.25, 0.3) is 0 Å². The van der Waals surface area contributed by atoms with Gasteiger partial charge in [0.15, 0.2) is 6.10 Å². The van der Waals surface area contributed by atoms with E-state index in [1.165, 1.54) is 6.92 Å². The Balaban J connectivity index is 2.57.